The van der Waals surface area contributed by atoms with Crippen molar-refractivity contribution in [2.24, 2.45) is 5.73 Å². The molecule has 186 valence electrons. The second-order valence-electron chi connectivity index (χ2n) is 10.5. The number of hydrogen-bond acceptors (Lipinski definition) is 3. The Morgan fingerprint density at radius 1 is 0.641 bits per heavy atom. The highest BCUT2D eigenvalue weighted by molar-refractivity contribution is 5.96. The number of phenolic OH excluding ortho intramolecular Hbond substituents is 1. The first-order chi connectivity index (χ1) is 19.2. The van der Waals surface area contributed by atoms with Crippen LogP contribution in [0.5, 0.6) is 5.75 Å². The van der Waals surface area contributed by atoms with Crippen molar-refractivity contribution in [1.82, 2.24) is 4.98 Å². The van der Waals surface area contributed by atoms with Crippen molar-refractivity contribution in [1.29, 1.82) is 0 Å². The Morgan fingerprint density at radius 3 is 1.85 bits per heavy atom. The van der Waals surface area contributed by atoms with Crippen LogP contribution >= 0.6 is 0 Å². The Bertz CT molecular complexity index is 1820. The molecule has 3 nitrogen and oxygen atoms in total. The van der Waals surface area contributed by atoms with Crippen LogP contribution in [-0.2, 0) is 12.0 Å². The zero-order chi connectivity index (χ0) is 26.1. The number of rotatable bonds is 3. The predicted octanol–water partition coefficient (Wildman–Crippen LogP) is 7.26. The van der Waals surface area contributed by atoms with Gasteiger partial charge in [0.25, 0.3) is 0 Å². The summed E-state index contributed by atoms with van der Waals surface area (Å²) in [4.78, 5) is 4.80. The third kappa shape index (κ3) is 2.78. The number of benzene rings is 5. The highest BCUT2D eigenvalue weighted by Crippen LogP contribution is 2.64. The number of phenols is 1. The van der Waals surface area contributed by atoms with Crippen molar-refractivity contribution in [3.63, 3.8) is 0 Å². The van der Waals surface area contributed by atoms with Crippen LogP contribution in [0, 0.1) is 0 Å². The fourth-order valence-electron chi connectivity index (χ4n) is 7.34. The molecule has 3 aliphatic rings. The molecule has 1 aromatic heterocycles. The average molecular weight is 503 g/mol. The molecular formula is C36H26N2O. The molecule has 0 saturated heterocycles. The third-order valence-electron chi connectivity index (χ3n) is 8.81. The minimum atomic E-state index is -0.722. The van der Waals surface area contributed by atoms with Gasteiger partial charge in [0.05, 0.1) is 10.9 Å². The minimum absolute atomic E-state index is 0.151. The lowest BCUT2D eigenvalue weighted by Gasteiger charge is -2.51. The highest BCUT2D eigenvalue weighted by atomic mass is 16.3. The van der Waals surface area contributed by atoms with Crippen molar-refractivity contribution in [2.45, 2.75) is 17.9 Å². The topological polar surface area (TPSA) is 59.1 Å². The van der Waals surface area contributed by atoms with Gasteiger partial charge in [-0.05, 0) is 45.0 Å². The van der Waals surface area contributed by atoms with Crippen molar-refractivity contribution in [3.8, 4) is 16.9 Å². The van der Waals surface area contributed by atoms with E-state index in [9.17, 15) is 5.11 Å². The number of pyridine rings is 1. The normalized spacial score (nSPS) is 18.4. The van der Waals surface area contributed by atoms with E-state index in [0.29, 0.717) is 0 Å². The van der Waals surface area contributed by atoms with Crippen LogP contribution < -0.4 is 5.73 Å². The van der Waals surface area contributed by atoms with Gasteiger partial charge in [0.15, 0.2) is 0 Å². The average Bonchev–Trinajstić information content (AvgIpc) is 3.00. The van der Waals surface area contributed by atoms with Gasteiger partial charge in [-0.25, -0.2) is 0 Å². The van der Waals surface area contributed by atoms with Crippen molar-refractivity contribution in [3.05, 3.63) is 166 Å². The van der Waals surface area contributed by atoms with Crippen LogP contribution in [0.25, 0.3) is 22.0 Å². The second-order valence-corrected chi connectivity index (χ2v) is 10.5. The molecule has 0 aliphatic heterocycles. The Balaban J connectivity index is 1.61. The van der Waals surface area contributed by atoms with Gasteiger partial charge in [0.1, 0.15) is 5.75 Å². The van der Waals surface area contributed by atoms with Gasteiger partial charge >= 0.3 is 0 Å². The number of aromatic hydroxyl groups is 1. The third-order valence-corrected chi connectivity index (χ3v) is 8.81. The summed E-state index contributed by atoms with van der Waals surface area (Å²) in [5.41, 5.74) is 17.5. The van der Waals surface area contributed by atoms with E-state index in [4.69, 9.17) is 10.7 Å². The molecule has 9 rings (SSSR count). The summed E-state index contributed by atoms with van der Waals surface area (Å²) in [6.45, 7) is 0.247. The first-order valence-electron chi connectivity index (χ1n) is 13.4. The molecule has 1 heterocycles. The summed E-state index contributed by atoms with van der Waals surface area (Å²) >= 11 is 0. The summed E-state index contributed by atoms with van der Waals surface area (Å²) in [5, 5.41) is 13.3. The maximum atomic E-state index is 12.2. The number of nitrogens with zero attached hydrogens (tertiary/aromatic N) is 1. The molecule has 2 bridgehead atoms. The van der Waals surface area contributed by atoms with Gasteiger partial charge < -0.3 is 10.8 Å². The summed E-state index contributed by atoms with van der Waals surface area (Å²) in [7, 11) is 0. The van der Waals surface area contributed by atoms with E-state index in [-0.39, 0.29) is 18.2 Å². The SMILES string of the molecule is NCc1ccc(-c2cccc3cccnc23)c(C23c4ccccc4C(c4ccccc42)c2ccccc23)c1O. The molecule has 39 heavy (non-hydrogen) atoms. The van der Waals surface area contributed by atoms with Gasteiger partial charge in [-0.15, -0.1) is 0 Å². The standard InChI is InChI=1S/C36H26N2O/c37-21-23-18-19-24(25-14-7-9-22-10-8-20-38-34(22)25)33(35(23)39)36-29-15-4-1-11-26(29)32(27-12-2-5-16-30(27)36)28-13-3-6-17-31(28)36/h1-20,32,39H,21,37H2. The molecule has 0 fully saturated rings. The van der Waals surface area contributed by atoms with Gasteiger partial charge in [-0.2, -0.15) is 0 Å². The molecule has 6 aromatic rings. The zero-order valence-corrected chi connectivity index (χ0v) is 21.3. The van der Waals surface area contributed by atoms with E-state index in [1.165, 1.54) is 33.4 Å². The lowest BCUT2D eigenvalue weighted by molar-refractivity contribution is 0.450. The number of fused-ring (bicyclic) bond motifs is 1. The Labute approximate surface area is 227 Å². The summed E-state index contributed by atoms with van der Waals surface area (Å²) in [5.74, 6) is 0.403. The van der Waals surface area contributed by atoms with Crippen LogP contribution in [0.4, 0.5) is 0 Å². The molecule has 0 saturated carbocycles. The first kappa shape index (κ1) is 22.3. The number of hydrogen-bond donors (Lipinski definition) is 2. The molecule has 0 atom stereocenters. The quantitative estimate of drug-likeness (QED) is 0.267. The van der Waals surface area contributed by atoms with E-state index in [2.05, 4.69) is 103 Å². The predicted molar refractivity (Wildman–Crippen MR) is 156 cm³/mol. The van der Waals surface area contributed by atoms with E-state index >= 15 is 0 Å². The van der Waals surface area contributed by atoms with Gasteiger partial charge in [0.2, 0.25) is 0 Å². The van der Waals surface area contributed by atoms with E-state index < -0.39 is 5.41 Å². The maximum absolute atomic E-state index is 12.2. The fourth-order valence-corrected chi connectivity index (χ4v) is 7.34. The summed E-state index contributed by atoms with van der Waals surface area (Å²) in [6, 6.07) is 40.7. The van der Waals surface area contributed by atoms with Crippen LogP contribution in [0.1, 0.15) is 50.4 Å². The molecule has 3 N–H and O–H groups in total. The van der Waals surface area contributed by atoms with Gasteiger partial charge in [-0.3, -0.25) is 4.98 Å². The number of para-hydroxylation sites is 1. The second kappa shape index (κ2) is 8.13. The van der Waals surface area contributed by atoms with Crippen LogP contribution in [0.2, 0.25) is 0 Å². The van der Waals surface area contributed by atoms with Crippen LogP contribution in [-0.4, -0.2) is 10.1 Å². The molecule has 0 radical (unpaired) electrons. The van der Waals surface area contributed by atoms with E-state index in [1.807, 2.05) is 18.3 Å². The van der Waals surface area contributed by atoms with E-state index in [0.717, 1.165) is 33.2 Å². The lowest BCUT2D eigenvalue weighted by Crippen LogP contribution is -2.43. The maximum Gasteiger partial charge on any atom is 0.125 e. The molecule has 3 heteroatoms. The van der Waals surface area contributed by atoms with Crippen LogP contribution in [0.15, 0.2) is 121 Å². The van der Waals surface area contributed by atoms with Crippen LogP contribution in [0.3, 0.4) is 0 Å². The minimum Gasteiger partial charge on any atom is -0.507 e. The number of nitrogens with two attached hydrogens (primary N) is 1. The lowest BCUT2D eigenvalue weighted by atomic mass is 9.50. The molecule has 5 aromatic carbocycles. The highest BCUT2D eigenvalue weighted by Gasteiger charge is 2.54. The van der Waals surface area contributed by atoms with E-state index in [1.54, 1.807) is 0 Å². The van der Waals surface area contributed by atoms with Crippen molar-refractivity contribution < 1.29 is 5.11 Å². The molecular weight excluding hydrogens is 476 g/mol. The largest absolute Gasteiger partial charge is 0.507 e. The molecule has 0 spiro atoms. The Morgan fingerprint density at radius 2 is 1.23 bits per heavy atom. The van der Waals surface area contributed by atoms with Gasteiger partial charge in [0, 0.05) is 40.7 Å². The fraction of sp³-hybridized carbons (Fsp3) is 0.0833. The molecule has 0 unspecified atom stereocenters. The monoisotopic (exact) mass is 502 g/mol. The Kier molecular flexibility index (Phi) is 4.64. The summed E-state index contributed by atoms with van der Waals surface area (Å²) < 4.78 is 0. The smallest absolute Gasteiger partial charge is 0.125 e. The summed E-state index contributed by atoms with van der Waals surface area (Å²) in [6.07, 6.45) is 1.84. The molecule has 0 amide bonds. The van der Waals surface area contributed by atoms with Crippen molar-refractivity contribution in [2.75, 3.05) is 0 Å². The Hall–Kier alpha value is -4.73. The molecule has 3 aliphatic carbocycles. The van der Waals surface area contributed by atoms with Crippen molar-refractivity contribution >= 4 is 10.9 Å². The number of aromatic nitrogens is 1. The first-order valence-corrected chi connectivity index (χ1v) is 13.4. The van der Waals surface area contributed by atoms with Gasteiger partial charge in [-0.1, -0.05) is 109 Å². The zero-order valence-electron chi connectivity index (χ0n) is 21.3.